The number of hydrogen-bond donors (Lipinski definition) is 1. The number of Topliss-reactive ketones (excluding diaryl/α,β-unsaturated/α-hetero) is 1. The molecule has 0 spiro atoms. The highest BCUT2D eigenvalue weighted by Crippen LogP contribution is 2.42. The molecular weight excluding hydrogens is 626 g/mol. The topological polar surface area (TPSA) is 96.7 Å². The van der Waals surface area contributed by atoms with Crippen molar-refractivity contribution in [2.75, 3.05) is 37.1 Å². The number of carbonyl (C=O) groups excluding carboxylic acids is 2. The lowest BCUT2D eigenvalue weighted by molar-refractivity contribution is 0.0810. The molecule has 4 rings (SSSR count). The van der Waals surface area contributed by atoms with Crippen LogP contribution in [-0.2, 0) is 10.0 Å². The van der Waals surface area contributed by atoms with Gasteiger partial charge in [-0.05, 0) is 48.0 Å². The molecule has 3 aromatic carbocycles. The van der Waals surface area contributed by atoms with Crippen LogP contribution >= 0.6 is 0 Å². The van der Waals surface area contributed by atoms with E-state index >= 15 is 0 Å². The first kappa shape index (κ1) is 33.6. The minimum Gasteiger partial charge on any atom is -0.455 e. The van der Waals surface area contributed by atoms with Gasteiger partial charge in [0.1, 0.15) is 42.7 Å². The lowest BCUT2D eigenvalue weighted by Gasteiger charge is -2.26. The SMILES string of the molecule is CCC(=O)c1c(-c2ccc(F)cc2)oc2cc(N(CC(F)F)S(C)(=O)=O)c(-c3cccc(C(=O)NC(CF)(CF)CF)c3)cc12. The van der Waals surface area contributed by atoms with Crippen LogP contribution in [-0.4, -0.2) is 64.9 Å². The van der Waals surface area contributed by atoms with Crippen molar-refractivity contribution in [1.82, 2.24) is 5.32 Å². The van der Waals surface area contributed by atoms with Gasteiger partial charge in [0.15, 0.2) is 5.78 Å². The normalized spacial score (nSPS) is 12.1. The zero-order valence-electron chi connectivity index (χ0n) is 24.1. The third-order valence-corrected chi connectivity index (χ3v) is 8.21. The van der Waals surface area contributed by atoms with E-state index in [1.165, 1.54) is 48.5 Å². The first-order chi connectivity index (χ1) is 21.3. The Bertz CT molecular complexity index is 1810. The molecule has 0 saturated heterocycles. The lowest BCUT2D eigenvalue weighted by atomic mass is 9.95. The average molecular weight is 655 g/mol. The van der Waals surface area contributed by atoms with Crippen LogP contribution in [0, 0.1) is 5.82 Å². The summed E-state index contributed by atoms with van der Waals surface area (Å²) in [7, 11) is -4.36. The van der Waals surface area contributed by atoms with E-state index in [0.29, 0.717) is 9.87 Å². The van der Waals surface area contributed by atoms with E-state index in [4.69, 9.17) is 4.42 Å². The van der Waals surface area contributed by atoms with Gasteiger partial charge in [-0.3, -0.25) is 13.9 Å². The maximum absolute atomic E-state index is 13.7. The van der Waals surface area contributed by atoms with Crippen LogP contribution in [0.2, 0.25) is 0 Å². The van der Waals surface area contributed by atoms with Gasteiger partial charge >= 0.3 is 0 Å². The Morgan fingerprint density at radius 2 is 1.60 bits per heavy atom. The fraction of sp³-hybridized carbons (Fsp3) is 0.290. The van der Waals surface area contributed by atoms with Crippen LogP contribution in [0.15, 0.2) is 65.1 Å². The molecule has 1 N–H and O–H groups in total. The lowest BCUT2D eigenvalue weighted by Crippen LogP contribution is -2.54. The Hall–Kier alpha value is -4.33. The number of benzene rings is 3. The summed E-state index contributed by atoms with van der Waals surface area (Å²) in [6.07, 6.45) is -2.38. The van der Waals surface area contributed by atoms with Crippen molar-refractivity contribution in [3.8, 4) is 22.5 Å². The fourth-order valence-electron chi connectivity index (χ4n) is 4.71. The molecule has 0 fully saturated rings. The maximum atomic E-state index is 13.7. The molecule has 0 aliphatic carbocycles. The molecule has 45 heavy (non-hydrogen) atoms. The second kappa shape index (κ2) is 13.3. The molecular formula is C31H28F6N2O5S. The van der Waals surface area contributed by atoms with Gasteiger partial charge < -0.3 is 9.73 Å². The van der Waals surface area contributed by atoms with Crippen LogP contribution in [0.5, 0.6) is 0 Å². The molecule has 0 aliphatic rings. The largest absolute Gasteiger partial charge is 0.455 e. The molecule has 0 radical (unpaired) electrons. The van der Waals surface area contributed by atoms with E-state index in [1.807, 2.05) is 5.32 Å². The van der Waals surface area contributed by atoms with E-state index in [0.717, 1.165) is 18.4 Å². The van der Waals surface area contributed by atoms with E-state index in [2.05, 4.69) is 0 Å². The van der Waals surface area contributed by atoms with Gasteiger partial charge in [-0.2, -0.15) is 0 Å². The fourth-order valence-corrected chi connectivity index (χ4v) is 5.61. The summed E-state index contributed by atoms with van der Waals surface area (Å²) >= 11 is 0. The molecule has 1 heterocycles. The quantitative estimate of drug-likeness (QED) is 0.125. The summed E-state index contributed by atoms with van der Waals surface area (Å²) in [5, 5.41) is 2.17. The second-order valence-electron chi connectivity index (χ2n) is 10.4. The molecule has 1 amide bonds. The number of rotatable bonds is 13. The molecule has 4 aromatic rings. The van der Waals surface area contributed by atoms with Gasteiger partial charge in [0, 0.05) is 34.6 Å². The van der Waals surface area contributed by atoms with Gasteiger partial charge in [0.25, 0.3) is 12.3 Å². The van der Waals surface area contributed by atoms with Gasteiger partial charge in [-0.1, -0.05) is 19.1 Å². The van der Waals surface area contributed by atoms with Crippen molar-refractivity contribution in [3.63, 3.8) is 0 Å². The number of carbonyl (C=O) groups is 2. The monoisotopic (exact) mass is 654 g/mol. The summed E-state index contributed by atoms with van der Waals surface area (Å²) in [6, 6.07) is 12.8. The molecule has 0 saturated carbocycles. The van der Waals surface area contributed by atoms with Gasteiger partial charge in [-0.25, -0.2) is 34.8 Å². The van der Waals surface area contributed by atoms with Crippen LogP contribution in [0.4, 0.5) is 32.0 Å². The predicted molar refractivity (Wildman–Crippen MR) is 158 cm³/mol. The molecule has 7 nitrogen and oxygen atoms in total. The number of anilines is 1. The molecule has 0 atom stereocenters. The first-order valence-electron chi connectivity index (χ1n) is 13.5. The number of furan rings is 1. The number of hydrogen-bond acceptors (Lipinski definition) is 5. The Morgan fingerprint density at radius 3 is 2.16 bits per heavy atom. The zero-order chi connectivity index (χ0) is 33.1. The third-order valence-electron chi connectivity index (χ3n) is 7.07. The number of ketones is 1. The number of sulfonamides is 1. The Balaban J connectivity index is 2.02. The van der Waals surface area contributed by atoms with Crippen LogP contribution < -0.4 is 9.62 Å². The van der Waals surface area contributed by atoms with E-state index in [1.54, 1.807) is 6.92 Å². The molecule has 1 aromatic heterocycles. The number of amides is 1. The standard InChI is InChI=1S/C31H28F6N2O5S/c1-3-25(40)28-23-12-22(19-5-4-6-20(11-19)30(41)38-31(15-32,16-33)17-34)24(39(14-27(36)37)45(2,42)43)13-26(23)44-29(28)18-7-9-21(35)10-8-18/h4-13,27H,3,14-17H2,1-2H3,(H,38,41). The summed E-state index contributed by atoms with van der Waals surface area (Å²) in [6.45, 7) is -4.26. The summed E-state index contributed by atoms with van der Waals surface area (Å²) < 4.78 is 113. The summed E-state index contributed by atoms with van der Waals surface area (Å²) in [4.78, 5) is 26.1. The van der Waals surface area contributed by atoms with Crippen molar-refractivity contribution in [2.24, 2.45) is 0 Å². The minimum absolute atomic E-state index is 0.00980. The van der Waals surface area contributed by atoms with Crippen molar-refractivity contribution >= 4 is 38.4 Å². The van der Waals surface area contributed by atoms with Crippen LogP contribution in [0.1, 0.15) is 34.1 Å². The molecule has 0 bridgehead atoms. The minimum atomic E-state index is -4.36. The maximum Gasteiger partial charge on any atom is 0.257 e. The van der Waals surface area contributed by atoms with Gasteiger partial charge in [-0.15, -0.1) is 0 Å². The molecule has 14 heteroatoms. The van der Waals surface area contributed by atoms with Crippen molar-refractivity contribution in [1.29, 1.82) is 0 Å². The number of halogens is 6. The second-order valence-corrected chi connectivity index (χ2v) is 12.3. The number of nitrogens with one attached hydrogen (secondary N) is 1. The molecule has 240 valence electrons. The Morgan fingerprint density at radius 1 is 0.956 bits per heavy atom. The van der Waals surface area contributed by atoms with Crippen molar-refractivity contribution < 1.29 is 48.8 Å². The number of alkyl halides is 5. The third kappa shape index (κ3) is 7.00. The highest BCUT2D eigenvalue weighted by atomic mass is 32.2. The Labute approximate surface area is 254 Å². The summed E-state index contributed by atoms with van der Waals surface area (Å²) in [5.74, 6) is -1.96. The highest BCUT2D eigenvalue weighted by Gasteiger charge is 2.34. The van der Waals surface area contributed by atoms with Crippen molar-refractivity contribution in [2.45, 2.75) is 25.3 Å². The Kier molecular flexibility index (Phi) is 9.95. The van der Waals surface area contributed by atoms with Gasteiger partial charge in [0.2, 0.25) is 10.0 Å². The molecule has 0 aliphatic heterocycles. The molecule has 0 unspecified atom stereocenters. The van der Waals surface area contributed by atoms with Crippen molar-refractivity contribution in [3.05, 3.63) is 77.6 Å². The van der Waals surface area contributed by atoms with Crippen LogP contribution in [0.25, 0.3) is 33.4 Å². The number of fused-ring (bicyclic) bond motifs is 1. The average Bonchev–Trinajstić information content (AvgIpc) is 3.39. The zero-order valence-corrected chi connectivity index (χ0v) is 24.9. The highest BCUT2D eigenvalue weighted by molar-refractivity contribution is 7.92. The predicted octanol–water partition coefficient (Wildman–Crippen LogP) is 6.91. The smallest absolute Gasteiger partial charge is 0.257 e. The van der Waals surface area contributed by atoms with E-state index in [-0.39, 0.29) is 51.1 Å². The van der Waals surface area contributed by atoms with Crippen LogP contribution in [0.3, 0.4) is 0 Å². The van der Waals surface area contributed by atoms with E-state index in [9.17, 15) is 44.3 Å². The van der Waals surface area contributed by atoms with E-state index < -0.39 is 66.1 Å². The first-order valence-corrected chi connectivity index (χ1v) is 15.4. The number of nitrogens with zero attached hydrogens (tertiary/aromatic N) is 1. The summed E-state index contributed by atoms with van der Waals surface area (Å²) in [5.41, 5.74) is -2.49. The van der Waals surface area contributed by atoms with Gasteiger partial charge in [0.05, 0.1) is 24.1 Å².